The molecule has 1 aliphatic rings. The highest BCUT2D eigenvalue weighted by Gasteiger charge is 2.24. The van der Waals surface area contributed by atoms with Gasteiger partial charge in [0, 0.05) is 5.56 Å². The minimum absolute atomic E-state index is 0.0895. The molecule has 0 spiro atoms. The highest BCUT2D eigenvalue weighted by atomic mass is 35.5. The van der Waals surface area contributed by atoms with Crippen molar-refractivity contribution in [2.75, 3.05) is 0 Å². The zero-order valence-corrected chi connectivity index (χ0v) is 12.5. The predicted molar refractivity (Wildman–Crippen MR) is 83.5 cm³/mol. The van der Waals surface area contributed by atoms with Gasteiger partial charge in [0.05, 0.1) is 10.0 Å². The largest absolute Gasteiger partial charge is 0.402 e. The summed E-state index contributed by atoms with van der Waals surface area (Å²) in [7, 11) is 0. The van der Waals surface area contributed by atoms with E-state index in [0.717, 1.165) is 0 Å². The van der Waals surface area contributed by atoms with Gasteiger partial charge in [0.1, 0.15) is 5.82 Å². The molecule has 0 aromatic heterocycles. The lowest BCUT2D eigenvalue weighted by atomic mass is 10.2. The number of aliphatic imine (C=N–C) groups is 1. The third kappa shape index (κ3) is 3.03. The second-order valence-electron chi connectivity index (χ2n) is 4.52. The van der Waals surface area contributed by atoms with Gasteiger partial charge in [0.25, 0.3) is 0 Å². The van der Waals surface area contributed by atoms with Crippen molar-refractivity contribution in [3.05, 3.63) is 75.2 Å². The Bertz CT molecular complexity index is 831. The average molecular weight is 336 g/mol. The lowest BCUT2D eigenvalue weighted by Gasteiger charge is -2.01. The maximum Gasteiger partial charge on any atom is 0.363 e. The van der Waals surface area contributed by atoms with Crippen molar-refractivity contribution in [1.82, 2.24) is 0 Å². The van der Waals surface area contributed by atoms with Crippen LogP contribution >= 0.6 is 23.2 Å². The maximum atomic E-state index is 13.2. The first-order valence-corrected chi connectivity index (χ1v) is 7.02. The molecule has 3 rings (SSSR count). The van der Waals surface area contributed by atoms with Crippen molar-refractivity contribution in [3.8, 4) is 0 Å². The maximum absolute atomic E-state index is 13.2. The molecule has 0 fully saturated rings. The summed E-state index contributed by atoms with van der Waals surface area (Å²) >= 11 is 11.8. The van der Waals surface area contributed by atoms with Gasteiger partial charge in [-0.1, -0.05) is 35.3 Å². The van der Waals surface area contributed by atoms with Gasteiger partial charge in [0.2, 0.25) is 5.90 Å². The van der Waals surface area contributed by atoms with Crippen molar-refractivity contribution < 1.29 is 13.9 Å². The number of esters is 1. The Hall–Kier alpha value is -2.17. The van der Waals surface area contributed by atoms with Crippen molar-refractivity contribution in [1.29, 1.82) is 0 Å². The number of ether oxygens (including phenoxy) is 1. The fraction of sp³-hybridized carbons (Fsp3) is 0. The molecule has 1 aliphatic heterocycles. The standard InChI is InChI=1S/C16H8Cl2FNO2/c17-12-5-4-10(8-13(12)18)15-20-14(16(21)22-15)7-9-2-1-3-11(19)6-9/h1-8H/b14-7+. The zero-order valence-electron chi connectivity index (χ0n) is 11.0. The number of nitrogens with zero attached hydrogens (tertiary/aromatic N) is 1. The SMILES string of the molecule is O=C1OC(c2ccc(Cl)c(Cl)c2)=N/C1=C/c1cccc(F)c1. The van der Waals surface area contributed by atoms with E-state index in [1.807, 2.05) is 0 Å². The van der Waals surface area contributed by atoms with E-state index >= 15 is 0 Å². The Morgan fingerprint density at radius 1 is 1.09 bits per heavy atom. The van der Waals surface area contributed by atoms with Gasteiger partial charge in [0.15, 0.2) is 5.70 Å². The van der Waals surface area contributed by atoms with E-state index in [2.05, 4.69) is 4.99 Å². The van der Waals surface area contributed by atoms with E-state index in [1.165, 1.54) is 18.2 Å². The van der Waals surface area contributed by atoms with Crippen LogP contribution in [-0.4, -0.2) is 11.9 Å². The Labute approximate surface area is 135 Å². The molecule has 0 atom stereocenters. The van der Waals surface area contributed by atoms with Crippen LogP contribution in [0.4, 0.5) is 4.39 Å². The monoisotopic (exact) mass is 335 g/mol. The number of rotatable bonds is 2. The summed E-state index contributed by atoms with van der Waals surface area (Å²) in [6, 6.07) is 10.6. The van der Waals surface area contributed by atoms with Crippen LogP contribution in [0.5, 0.6) is 0 Å². The minimum atomic E-state index is -0.606. The van der Waals surface area contributed by atoms with Crippen LogP contribution in [0.2, 0.25) is 10.0 Å². The molecule has 0 saturated heterocycles. The Balaban J connectivity index is 1.96. The number of cyclic esters (lactones) is 1. The van der Waals surface area contributed by atoms with Gasteiger partial charge < -0.3 is 4.74 Å². The quantitative estimate of drug-likeness (QED) is 0.599. The number of carbonyl (C=O) groups is 1. The summed E-state index contributed by atoms with van der Waals surface area (Å²) in [6.45, 7) is 0. The topological polar surface area (TPSA) is 38.7 Å². The van der Waals surface area contributed by atoms with Crippen LogP contribution in [0.3, 0.4) is 0 Å². The first-order chi connectivity index (χ1) is 10.5. The molecule has 6 heteroatoms. The second-order valence-corrected chi connectivity index (χ2v) is 5.33. The van der Waals surface area contributed by atoms with Crippen LogP contribution in [0.25, 0.3) is 6.08 Å². The van der Waals surface area contributed by atoms with Crippen LogP contribution in [-0.2, 0) is 9.53 Å². The number of hydrogen-bond donors (Lipinski definition) is 0. The first kappa shape index (κ1) is 14.8. The van der Waals surface area contributed by atoms with Crippen molar-refractivity contribution in [3.63, 3.8) is 0 Å². The summed E-state index contributed by atoms with van der Waals surface area (Å²) in [6.07, 6.45) is 1.45. The molecule has 1 heterocycles. The van der Waals surface area contributed by atoms with E-state index in [4.69, 9.17) is 27.9 Å². The van der Waals surface area contributed by atoms with Gasteiger partial charge in [-0.3, -0.25) is 0 Å². The van der Waals surface area contributed by atoms with Gasteiger partial charge in [-0.15, -0.1) is 0 Å². The Kier molecular flexibility index (Phi) is 3.96. The fourth-order valence-corrected chi connectivity index (χ4v) is 2.21. The van der Waals surface area contributed by atoms with Crippen LogP contribution in [0, 0.1) is 5.82 Å². The fourth-order valence-electron chi connectivity index (χ4n) is 1.92. The van der Waals surface area contributed by atoms with E-state index in [0.29, 0.717) is 21.2 Å². The third-order valence-electron chi connectivity index (χ3n) is 2.94. The lowest BCUT2D eigenvalue weighted by Crippen LogP contribution is -2.05. The summed E-state index contributed by atoms with van der Waals surface area (Å²) in [5.74, 6) is -0.869. The molecule has 0 bridgehead atoms. The average Bonchev–Trinajstić information content (AvgIpc) is 2.83. The molecular formula is C16H8Cl2FNO2. The smallest absolute Gasteiger partial charge is 0.363 e. The van der Waals surface area contributed by atoms with E-state index in [-0.39, 0.29) is 11.6 Å². The molecule has 0 amide bonds. The van der Waals surface area contributed by atoms with E-state index in [9.17, 15) is 9.18 Å². The molecule has 2 aromatic rings. The number of halogens is 3. The number of hydrogen-bond acceptors (Lipinski definition) is 3. The van der Waals surface area contributed by atoms with Gasteiger partial charge >= 0.3 is 5.97 Å². The molecular weight excluding hydrogens is 328 g/mol. The molecule has 110 valence electrons. The van der Waals surface area contributed by atoms with Gasteiger partial charge in [-0.2, -0.15) is 0 Å². The number of benzene rings is 2. The molecule has 0 radical (unpaired) electrons. The first-order valence-electron chi connectivity index (χ1n) is 6.26. The summed E-state index contributed by atoms with van der Waals surface area (Å²) in [4.78, 5) is 16.0. The van der Waals surface area contributed by atoms with Crippen LogP contribution in [0.1, 0.15) is 11.1 Å². The Morgan fingerprint density at radius 2 is 1.91 bits per heavy atom. The third-order valence-corrected chi connectivity index (χ3v) is 3.68. The summed E-state index contributed by atoms with van der Waals surface area (Å²) < 4.78 is 18.3. The molecule has 0 N–H and O–H groups in total. The van der Waals surface area contributed by atoms with Gasteiger partial charge in [-0.05, 0) is 42.0 Å². The van der Waals surface area contributed by atoms with Crippen LogP contribution < -0.4 is 0 Å². The van der Waals surface area contributed by atoms with Crippen molar-refractivity contribution in [2.45, 2.75) is 0 Å². The molecule has 0 unspecified atom stereocenters. The molecule has 0 saturated carbocycles. The highest BCUT2D eigenvalue weighted by Crippen LogP contribution is 2.25. The van der Waals surface area contributed by atoms with E-state index < -0.39 is 11.8 Å². The van der Waals surface area contributed by atoms with Crippen molar-refractivity contribution in [2.24, 2.45) is 4.99 Å². The highest BCUT2D eigenvalue weighted by molar-refractivity contribution is 6.42. The van der Waals surface area contributed by atoms with E-state index in [1.54, 1.807) is 30.3 Å². The minimum Gasteiger partial charge on any atom is -0.402 e. The predicted octanol–water partition coefficient (Wildman–Crippen LogP) is 4.48. The van der Waals surface area contributed by atoms with Crippen LogP contribution in [0.15, 0.2) is 53.2 Å². The molecule has 22 heavy (non-hydrogen) atoms. The molecule has 0 aliphatic carbocycles. The summed E-state index contributed by atoms with van der Waals surface area (Å²) in [5, 5.41) is 0.728. The molecule has 2 aromatic carbocycles. The van der Waals surface area contributed by atoms with Gasteiger partial charge in [-0.25, -0.2) is 14.2 Å². The normalized spacial score (nSPS) is 15.9. The molecule has 3 nitrogen and oxygen atoms in total. The zero-order chi connectivity index (χ0) is 15.7. The lowest BCUT2D eigenvalue weighted by molar-refractivity contribution is -0.129. The Morgan fingerprint density at radius 3 is 2.64 bits per heavy atom. The summed E-state index contributed by atoms with van der Waals surface area (Å²) in [5.41, 5.74) is 1.14. The van der Waals surface area contributed by atoms with Crippen molar-refractivity contribution >= 4 is 41.1 Å². The second kappa shape index (κ2) is 5.91. The number of carbonyl (C=O) groups excluding carboxylic acids is 1.